The molecule has 0 saturated carbocycles. The Morgan fingerprint density at radius 1 is 1.38 bits per heavy atom. The van der Waals surface area contributed by atoms with Gasteiger partial charge in [0.05, 0.1) is 6.20 Å². The summed E-state index contributed by atoms with van der Waals surface area (Å²) in [7, 11) is 0. The number of H-pyrrole nitrogens is 1. The average molecular weight is 284 g/mol. The fraction of sp³-hybridized carbons (Fsp3) is 0.438. The van der Waals surface area contributed by atoms with Gasteiger partial charge in [-0.3, -0.25) is 4.79 Å². The molecule has 1 unspecified atom stereocenters. The van der Waals surface area contributed by atoms with Gasteiger partial charge in [-0.2, -0.15) is 15.4 Å². The maximum absolute atomic E-state index is 12.3. The molecular weight excluding hydrogens is 264 g/mol. The Bertz CT molecular complexity index is 596. The van der Waals surface area contributed by atoms with Gasteiger partial charge in [0.15, 0.2) is 5.69 Å². The van der Waals surface area contributed by atoms with E-state index in [0.717, 1.165) is 32.4 Å². The van der Waals surface area contributed by atoms with Crippen molar-refractivity contribution in [2.75, 3.05) is 13.1 Å². The lowest BCUT2D eigenvalue weighted by Crippen LogP contribution is -2.31. The molecule has 1 aromatic carbocycles. The first-order valence-corrected chi connectivity index (χ1v) is 7.35. The number of carbonyl (C=O) groups is 1. The highest BCUT2D eigenvalue weighted by Crippen LogP contribution is 2.35. The lowest BCUT2D eigenvalue weighted by atomic mass is 9.83. The number of hydrogen-bond acceptors (Lipinski definition) is 3. The van der Waals surface area contributed by atoms with Crippen molar-refractivity contribution in [2.45, 2.75) is 26.2 Å². The van der Waals surface area contributed by atoms with Crippen molar-refractivity contribution in [3.05, 3.63) is 47.8 Å². The predicted molar refractivity (Wildman–Crippen MR) is 79.8 cm³/mol. The summed E-state index contributed by atoms with van der Waals surface area (Å²) in [6.45, 7) is 3.87. The second-order valence-electron chi connectivity index (χ2n) is 6.13. The molecule has 1 aromatic heterocycles. The lowest BCUT2D eigenvalue weighted by Gasteiger charge is -2.24. The first kappa shape index (κ1) is 13.8. The summed E-state index contributed by atoms with van der Waals surface area (Å²) in [5.74, 6) is -0.0211. The van der Waals surface area contributed by atoms with Gasteiger partial charge in [-0.1, -0.05) is 37.3 Å². The van der Waals surface area contributed by atoms with Gasteiger partial charge >= 0.3 is 0 Å². The third-order valence-corrected chi connectivity index (χ3v) is 4.34. The van der Waals surface area contributed by atoms with Crippen LogP contribution in [0.15, 0.2) is 36.5 Å². The molecule has 1 aliphatic rings. The summed E-state index contributed by atoms with van der Waals surface area (Å²) in [5, 5.41) is 10.1. The fourth-order valence-corrected chi connectivity index (χ4v) is 2.96. The molecule has 1 fully saturated rings. The van der Waals surface area contributed by atoms with E-state index in [1.165, 1.54) is 11.8 Å². The number of nitrogens with zero attached hydrogens (tertiary/aromatic N) is 3. The zero-order valence-corrected chi connectivity index (χ0v) is 12.2. The smallest absolute Gasteiger partial charge is 0.276 e. The van der Waals surface area contributed by atoms with Crippen molar-refractivity contribution in [1.29, 1.82) is 0 Å². The van der Waals surface area contributed by atoms with Gasteiger partial charge in [-0.05, 0) is 30.2 Å². The molecule has 0 bridgehead atoms. The topological polar surface area (TPSA) is 61.9 Å². The van der Waals surface area contributed by atoms with E-state index in [9.17, 15) is 4.79 Å². The molecule has 21 heavy (non-hydrogen) atoms. The van der Waals surface area contributed by atoms with E-state index in [1.807, 2.05) is 11.0 Å². The molecule has 5 heteroatoms. The van der Waals surface area contributed by atoms with Crippen LogP contribution in [0.5, 0.6) is 0 Å². The number of nitrogens with one attached hydrogen (secondary N) is 1. The zero-order chi connectivity index (χ0) is 14.7. The van der Waals surface area contributed by atoms with E-state index < -0.39 is 0 Å². The molecule has 5 nitrogen and oxygen atoms in total. The Morgan fingerprint density at radius 3 is 2.90 bits per heavy atom. The van der Waals surface area contributed by atoms with Crippen LogP contribution in [-0.4, -0.2) is 39.3 Å². The summed E-state index contributed by atoms with van der Waals surface area (Å²) < 4.78 is 0. The van der Waals surface area contributed by atoms with Gasteiger partial charge in [-0.15, -0.1) is 0 Å². The number of aromatic amines is 1. The van der Waals surface area contributed by atoms with Crippen LogP contribution in [0, 0.1) is 5.41 Å². The minimum Gasteiger partial charge on any atom is -0.337 e. The van der Waals surface area contributed by atoms with E-state index in [0.29, 0.717) is 5.69 Å². The van der Waals surface area contributed by atoms with E-state index >= 15 is 0 Å². The van der Waals surface area contributed by atoms with Crippen LogP contribution in [0.2, 0.25) is 0 Å². The molecule has 1 aliphatic heterocycles. The molecular formula is C16H20N4O. The molecule has 1 N–H and O–H groups in total. The minimum atomic E-state index is -0.0211. The SMILES string of the molecule is CC1(CCc2ccccc2)CCN(C(=O)c2cn[nH]n2)C1. The quantitative estimate of drug-likeness (QED) is 0.937. The van der Waals surface area contributed by atoms with E-state index in [-0.39, 0.29) is 11.3 Å². The monoisotopic (exact) mass is 284 g/mol. The summed E-state index contributed by atoms with van der Waals surface area (Å²) in [6, 6.07) is 10.5. The van der Waals surface area contributed by atoms with Crippen LogP contribution in [-0.2, 0) is 6.42 Å². The molecule has 0 spiro atoms. The lowest BCUT2D eigenvalue weighted by molar-refractivity contribution is 0.0768. The van der Waals surface area contributed by atoms with Crippen molar-refractivity contribution < 1.29 is 4.79 Å². The summed E-state index contributed by atoms with van der Waals surface area (Å²) >= 11 is 0. The Balaban J connectivity index is 1.59. The Hall–Kier alpha value is -2.17. The third kappa shape index (κ3) is 3.12. The summed E-state index contributed by atoms with van der Waals surface area (Å²) in [5.41, 5.74) is 1.96. The molecule has 2 heterocycles. The molecule has 2 aromatic rings. The van der Waals surface area contributed by atoms with Crippen LogP contribution in [0.1, 0.15) is 35.8 Å². The highest BCUT2D eigenvalue weighted by atomic mass is 16.2. The van der Waals surface area contributed by atoms with Crippen LogP contribution in [0.25, 0.3) is 0 Å². The van der Waals surface area contributed by atoms with Crippen molar-refractivity contribution >= 4 is 5.91 Å². The second kappa shape index (κ2) is 5.68. The van der Waals surface area contributed by atoms with Crippen molar-refractivity contribution in [1.82, 2.24) is 20.3 Å². The van der Waals surface area contributed by atoms with Gasteiger partial charge < -0.3 is 4.90 Å². The Labute approximate surface area is 124 Å². The maximum Gasteiger partial charge on any atom is 0.276 e. The van der Waals surface area contributed by atoms with Gasteiger partial charge in [0.1, 0.15) is 0 Å². The number of amides is 1. The minimum absolute atomic E-state index is 0.0211. The van der Waals surface area contributed by atoms with E-state index in [4.69, 9.17) is 0 Å². The van der Waals surface area contributed by atoms with E-state index in [1.54, 1.807) is 0 Å². The largest absolute Gasteiger partial charge is 0.337 e. The van der Waals surface area contributed by atoms with Gasteiger partial charge in [-0.25, -0.2) is 0 Å². The van der Waals surface area contributed by atoms with Crippen LogP contribution >= 0.6 is 0 Å². The molecule has 110 valence electrons. The number of aromatic nitrogens is 3. The van der Waals surface area contributed by atoms with Crippen LogP contribution in [0.4, 0.5) is 0 Å². The van der Waals surface area contributed by atoms with Crippen molar-refractivity contribution in [2.24, 2.45) is 5.41 Å². The Kier molecular flexibility index (Phi) is 3.73. The number of likely N-dealkylation sites (tertiary alicyclic amines) is 1. The van der Waals surface area contributed by atoms with Crippen LogP contribution < -0.4 is 0 Å². The first-order chi connectivity index (χ1) is 10.2. The average Bonchev–Trinajstić information content (AvgIpc) is 3.16. The number of aryl methyl sites for hydroxylation is 1. The molecule has 1 atom stereocenters. The van der Waals surface area contributed by atoms with Crippen molar-refractivity contribution in [3.63, 3.8) is 0 Å². The number of rotatable bonds is 4. The highest BCUT2D eigenvalue weighted by Gasteiger charge is 2.36. The summed E-state index contributed by atoms with van der Waals surface area (Å²) in [4.78, 5) is 14.2. The zero-order valence-electron chi connectivity index (χ0n) is 12.2. The number of carbonyl (C=O) groups excluding carboxylic acids is 1. The number of benzene rings is 1. The Morgan fingerprint density at radius 2 is 2.19 bits per heavy atom. The molecule has 1 amide bonds. The van der Waals surface area contributed by atoms with E-state index in [2.05, 4.69) is 46.6 Å². The van der Waals surface area contributed by atoms with Gasteiger partial charge in [0.25, 0.3) is 5.91 Å². The maximum atomic E-state index is 12.3. The fourth-order valence-electron chi connectivity index (χ4n) is 2.96. The van der Waals surface area contributed by atoms with Crippen LogP contribution in [0.3, 0.4) is 0 Å². The van der Waals surface area contributed by atoms with Crippen molar-refractivity contribution in [3.8, 4) is 0 Å². The standard InChI is InChI=1S/C16H20N4O/c1-16(8-7-13-5-3-2-4-6-13)9-10-20(12-16)15(21)14-11-17-19-18-14/h2-6,11H,7-10,12H2,1H3,(H,17,18,19). The predicted octanol–water partition coefficient (Wildman–Crippen LogP) is 2.29. The van der Waals surface area contributed by atoms with Gasteiger partial charge in [0, 0.05) is 13.1 Å². The molecule has 3 rings (SSSR count). The summed E-state index contributed by atoms with van der Waals surface area (Å²) in [6.07, 6.45) is 4.69. The third-order valence-electron chi connectivity index (χ3n) is 4.34. The molecule has 1 saturated heterocycles. The van der Waals surface area contributed by atoms with Gasteiger partial charge in [0.2, 0.25) is 0 Å². The second-order valence-corrected chi connectivity index (χ2v) is 6.13. The highest BCUT2D eigenvalue weighted by molar-refractivity contribution is 5.92. The first-order valence-electron chi connectivity index (χ1n) is 7.35. The molecule has 0 radical (unpaired) electrons. The number of hydrogen-bond donors (Lipinski definition) is 1. The molecule has 0 aliphatic carbocycles. The normalized spacial score (nSPS) is 21.7.